The minimum Gasteiger partial charge on any atom is -0.302 e. The Morgan fingerprint density at radius 1 is 1.20 bits per heavy atom. The molecule has 0 saturated carbocycles. The maximum absolute atomic E-state index is 4.47. The topological polar surface area (TPSA) is 55.6 Å². The average molecular weight is 273 g/mol. The highest BCUT2D eigenvalue weighted by Gasteiger charge is 2.19. The molecule has 0 bridgehead atoms. The minimum atomic E-state index is 0.00426. The van der Waals surface area contributed by atoms with Gasteiger partial charge in [0, 0.05) is 25.1 Å². The highest BCUT2D eigenvalue weighted by Crippen LogP contribution is 2.19. The molecule has 0 radical (unpaired) electrons. The van der Waals surface area contributed by atoms with Crippen molar-refractivity contribution in [2.75, 3.05) is 6.54 Å². The Balaban J connectivity index is 2.31. The second kappa shape index (κ2) is 7.14. The number of nitrogens with one attached hydrogen (secondary N) is 1. The quantitative estimate of drug-likeness (QED) is 0.842. The van der Waals surface area contributed by atoms with Crippen molar-refractivity contribution < 1.29 is 0 Å². The molecule has 0 saturated heterocycles. The maximum Gasteiger partial charge on any atom is 0.151 e. The van der Waals surface area contributed by atoms with Gasteiger partial charge >= 0.3 is 0 Å². The van der Waals surface area contributed by atoms with Crippen molar-refractivity contribution in [2.24, 2.45) is 0 Å². The van der Waals surface area contributed by atoms with Gasteiger partial charge in [0.2, 0.25) is 0 Å². The summed E-state index contributed by atoms with van der Waals surface area (Å²) in [6.45, 7) is 8.16. The summed E-state index contributed by atoms with van der Waals surface area (Å²) in [7, 11) is 0. The minimum absolute atomic E-state index is 0.00426. The van der Waals surface area contributed by atoms with Crippen molar-refractivity contribution in [3.8, 4) is 0 Å². The molecule has 0 aliphatic heterocycles. The summed E-state index contributed by atoms with van der Waals surface area (Å²) in [5.41, 5.74) is 2.20. The van der Waals surface area contributed by atoms with Crippen LogP contribution in [-0.4, -0.2) is 26.3 Å². The van der Waals surface area contributed by atoms with Crippen LogP contribution in [0.2, 0.25) is 0 Å². The first kappa shape index (κ1) is 14.7. The monoisotopic (exact) mass is 273 g/mol. The van der Waals surface area contributed by atoms with E-state index in [1.54, 1.807) is 0 Å². The second-order valence-electron chi connectivity index (χ2n) is 4.98. The standard InChI is InChI=1S/C15H23N5/c1-4-7-16-14(15-17-10-12(3)11-18-15)13-6-8-19-20(13)9-5-2/h6,8,10-11,14,16H,4-5,7,9H2,1-3H3. The summed E-state index contributed by atoms with van der Waals surface area (Å²) in [6, 6.07) is 2.05. The van der Waals surface area contributed by atoms with Gasteiger partial charge in [0.1, 0.15) is 6.04 Å². The maximum atomic E-state index is 4.47. The molecule has 1 N–H and O–H groups in total. The van der Waals surface area contributed by atoms with E-state index in [9.17, 15) is 0 Å². The molecule has 108 valence electrons. The molecule has 5 heteroatoms. The molecular weight excluding hydrogens is 250 g/mol. The lowest BCUT2D eigenvalue weighted by Gasteiger charge is -2.18. The zero-order valence-corrected chi connectivity index (χ0v) is 12.5. The highest BCUT2D eigenvalue weighted by atomic mass is 15.3. The fraction of sp³-hybridized carbons (Fsp3) is 0.533. The van der Waals surface area contributed by atoms with E-state index in [4.69, 9.17) is 0 Å². The zero-order valence-electron chi connectivity index (χ0n) is 12.5. The lowest BCUT2D eigenvalue weighted by molar-refractivity contribution is 0.497. The Labute approximate surface area is 120 Å². The molecule has 2 heterocycles. The summed E-state index contributed by atoms with van der Waals surface area (Å²) in [4.78, 5) is 8.95. The average Bonchev–Trinajstić information content (AvgIpc) is 2.90. The molecular formula is C15H23N5. The van der Waals surface area contributed by atoms with E-state index in [1.807, 2.05) is 36.3 Å². The lowest BCUT2D eigenvalue weighted by atomic mass is 10.1. The normalized spacial score (nSPS) is 12.6. The van der Waals surface area contributed by atoms with Crippen molar-refractivity contribution in [2.45, 2.75) is 46.2 Å². The number of aromatic nitrogens is 4. The van der Waals surface area contributed by atoms with Gasteiger partial charge in [-0.3, -0.25) is 4.68 Å². The van der Waals surface area contributed by atoms with E-state index in [0.717, 1.165) is 43.0 Å². The highest BCUT2D eigenvalue weighted by molar-refractivity contribution is 5.17. The molecule has 1 unspecified atom stereocenters. The Kier molecular flexibility index (Phi) is 5.24. The van der Waals surface area contributed by atoms with Crippen LogP contribution >= 0.6 is 0 Å². The van der Waals surface area contributed by atoms with E-state index >= 15 is 0 Å². The Morgan fingerprint density at radius 2 is 1.95 bits per heavy atom. The van der Waals surface area contributed by atoms with E-state index in [1.165, 1.54) is 0 Å². The van der Waals surface area contributed by atoms with Crippen LogP contribution in [0.1, 0.15) is 49.8 Å². The molecule has 2 aromatic rings. The molecule has 0 spiro atoms. The van der Waals surface area contributed by atoms with Crippen molar-refractivity contribution in [3.63, 3.8) is 0 Å². The third-order valence-corrected chi connectivity index (χ3v) is 3.14. The zero-order chi connectivity index (χ0) is 14.4. The van der Waals surface area contributed by atoms with Crippen molar-refractivity contribution in [1.29, 1.82) is 0 Å². The predicted molar refractivity (Wildman–Crippen MR) is 79.4 cm³/mol. The van der Waals surface area contributed by atoms with Crippen LogP contribution in [0.15, 0.2) is 24.7 Å². The fourth-order valence-electron chi connectivity index (χ4n) is 2.16. The van der Waals surface area contributed by atoms with Crippen LogP contribution < -0.4 is 5.32 Å². The summed E-state index contributed by atoms with van der Waals surface area (Å²) in [5.74, 6) is 0.807. The third-order valence-electron chi connectivity index (χ3n) is 3.14. The van der Waals surface area contributed by atoms with Crippen LogP contribution in [0, 0.1) is 6.92 Å². The van der Waals surface area contributed by atoms with Gasteiger partial charge in [-0.05, 0) is 37.9 Å². The lowest BCUT2D eigenvalue weighted by Crippen LogP contribution is -2.27. The number of nitrogens with zero attached hydrogens (tertiary/aromatic N) is 4. The number of rotatable bonds is 7. The van der Waals surface area contributed by atoms with Crippen LogP contribution in [0.4, 0.5) is 0 Å². The SMILES string of the molecule is CCCNC(c1ncc(C)cn1)c1ccnn1CCC. The molecule has 2 rings (SSSR count). The number of aryl methyl sites for hydroxylation is 2. The molecule has 1 atom stereocenters. The third kappa shape index (κ3) is 3.42. The van der Waals surface area contributed by atoms with Gasteiger partial charge in [-0.1, -0.05) is 13.8 Å². The first-order valence-electron chi connectivity index (χ1n) is 7.29. The van der Waals surface area contributed by atoms with Gasteiger partial charge in [0.05, 0.1) is 5.69 Å². The molecule has 0 fully saturated rings. The summed E-state index contributed by atoms with van der Waals surface area (Å²) in [5, 5.41) is 7.92. The predicted octanol–water partition coefficient (Wildman–Crippen LogP) is 2.48. The van der Waals surface area contributed by atoms with Crippen LogP contribution in [0.25, 0.3) is 0 Å². The van der Waals surface area contributed by atoms with Gasteiger partial charge in [0.15, 0.2) is 5.82 Å². The smallest absolute Gasteiger partial charge is 0.151 e. The van der Waals surface area contributed by atoms with Crippen molar-refractivity contribution in [1.82, 2.24) is 25.1 Å². The van der Waals surface area contributed by atoms with Gasteiger partial charge in [-0.25, -0.2) is 9.97 Å². The molecule has 0 aromatic carbocycles. The fourth-order valence-corrected chi connectivity index (χ4v) is 2.16. The van der Waals surface area contributed by atoms with Gasteiger partial charge in [-0.15, -0.1) is 0 Å². The van der Waals surface area contributed by atoms with E-state index in [0.29, 0.717) is 0 Å². The van der Waals surface area contributed by atoms with Gasteiger partial charge in [-0.2, -0.15) is 5.10 Å². The van der Waals surface area contributed by atoms with Crippen molar-refractivity contribution in [3.05, 3.63) is 41.7 Å². The second-order valence-corrected chi connectivity index (χ2v) is 4.98. The summed E-state index contributed by atoms with van der Waals surface area (Å²) < 4.78 is 2.04. The van der Waals surface area contributed by atoms with Crippen LogP contribution in [0.5, 0.6) is 0 Å². The van der Waals surface area contributed by atoms with Crippen molar-refractivity contribution >= 4 is 0 Å². The molecule has 0 aliphatic rings. The summed E-state index contributed by atoms with van der Waals surface area (Å²) >= 11 is 0. The Hall–Kier alpha value is -1.75. The van der Waals surface area contributed by atoms with E-state index in [-0.39, 0.29) is 6.04 Å². The molecule has 5 nitrogen and oxygen atoms in total. The number of hydrogen-bond donors (Lipinski definition) is 1. The van der Waals surface area contributed by atoms with Gasteiger partial charge in [0.25, 0.3) is 0 Å². The first-order chi connectivity index (χ1) is 9.76. The molecule has 0 amide bonds. The largest absolute Gasteiger partial charge is 0.302 e. The molecule has 0 aliphatic carbocycles. The first-order valence-corrected chi connectivity index (χ1v) is 7.29. The van der Waals surface area contributed by atoms with Crippen LogP contribution in [-0.2, 0) is 6.54 Å². The van der Waals surface area contributed by atoms with Gasteiger partial charge < -0.3 is 5.32 Å². The Bertz CT molecular complexity index is 517. The molecule has 20 heavy (non-hydrogen) atoms. The number of hydrogen-bond acceptors (Lipinski definition) is 4. The summed E-state index contributed by atoms with van der Waals surface area (Å²) in [6.07, 6.45) is 7.71. The van der Waals surface area contributed by atoms with Crippen LogP contribution in [0.3, 0.4) is 0 Å². The molecule has 2 aromatic heterocycles. The van der Waals surface area contributed by atoms with E-state index < -0.39 is 0 Å². The Morgan fingerprint density at radius 3 is 2.60 bits per heavy atom. The van der Waals surface area contributed by atoms with E-state index in [2.05, 4.69) is 34.2 Å².